The van der Waals surface area contributed by atoms with Gasteiger partial charge >= 0.3 is 41.9 Å². The second-order valence-corrected chi connectivity index (χ2v) is 10.4. The molecule has 8 N–H and O–H groups in total. The molecule has 0 aromatic heterocycles. The van der Waals surface area contributed by atoms with Crippen molar-refractivity contribution in [3.63, 3.8) is 0 Å². The zero-order valence-corrected chi connectivity index (χ0v) is 25.4. The number of carboxylic acid groups (broad SMARTS) is 7. The number of carbonyl (C=O) groups excluding carboxylic acids is 2. The third-order valence-electron chi connectivity index (χ3n) is 6.60. The third kappa shape index (κ3) is 20.1. The second kappa shape index (κ2) is 22.7. The fraction of sp³-hybridized carbons (Fsp3) is 0.654. The van der Waals surface area contributed by atoms with Crippen LogP contribution in [0.15, 0.2) is 0 Å². The predicted molar refractivity (Wildman–Crippen MR) is 155 cm³/mol. The van der Waals surface area contributed by atoms with E-state index in [0.29, 0.717) is 11.2 Å². The Morgan fingerprint density at radius 1 is 0.596 bits per heavy atom. The number of rotatable bonds is 29. The summed E-state index contributed by atoms with van der Waals surface area (Å²) in [7, 11) is 0. The van der Waals surface area contributed by atoms with Crippen molar-refractivity contribution < 1.29 is 78.9 Å². The molecule has 21 nitrogen and oxygen atoms in total. The molecule has 0 spiro atoms. The van der Waals surface area contributed by atoms with Crippen LogP contribution in [0.2, 0.25) is 0 Å². The Morgan fingerprint density at radius 2 is 1.09 bits per heavy atom. The Bertz CT molecular complexity index is 1110. The molecule has 0 radical (unpaired) electrons. The summed E-state index contributed by atoms with van der Waals surface area (Å²) in [5.74, 6) is -9.34. The normalized spacial score (nSPS) is 13.1. The Hall–Kier alpha value is -4.73. The first kappa shape index (κ1) is 42.3. The summed E-state index contributed by atoms with van der Waals surface area (Å²) in [4.78, 5) is 107. The van der Waals surface area contributed by atoms with Gasteiger partial charge in [0.25, 0.3) is 0 Å². The molecular weight excluding hydrogens is 638 g/mol. The minimum atomic E-state index is -1.54. The number of nitrogens with one attached hydrogen (secondary N) is 1. The number of carboxylic acids is 6. The van der Waals surface area contributed by atoms with Crippen molar-refractivity contribution in [2.24, 2.45) is 5.92 Å². The van der Waals surface area contributed by atoms with Gasteiger partial charge in [-0.1, -0.05) is 0 Å². The molecule has 3 unspecified atom stereocenters. The molecule has 3 atom stereocenters. The molecule has 0 aliphatic rings. The molecule has 0 aromatic carbocycles. The van der Waals surface area contributed by atoms with E-state index in [1.165, 1.54) is 14.7 Å². The first-order chi connectivity index (χ1) is 22.0. The van der Waals surface area contributed by atoms with Gasteiger partial charge in [-0.15, -0.1) is 0 Å². The standard InChI is InChI=1S/C26H41N5O16/c32-15-18(27-9-17(25(44)45)8-21(36)37)10-29(13-23(40)41)6-4-28(12-22(38)39)5-7-30(14-24(42)43)11-19(16-33)31(26(46)47)3-1-2-20(34)35/h15-19,27H,1-14H2,(H,34,35)(H,36,37)(H,38,39)(H,40,41)(H,42,43)(H,44,45)(H,46,47). The van der Waals surface area contributed by atoms with E-state index in [0.717, 1.165) is 0 Å². The first-order valence-corrected chi connectivity index (χ1v) is 14.1. The molecule has 21 heteroatoms. The number of carbonyl (C=O) groups is 9. The molecule has 47 heavy (non-hydrogen) atoms. The zero-order valence-electron chi connectivity index (χ0n) is 25.4. The highest BCUT2D eigenvalue weighted by Gasteiger charge is 2.27. The summed E-state index contributed by atoms with van der Waals surface area (Å²) in [6, 6.07) is -2.51. The Kier molecular flexibility index (Phi) is 20.4. The quantitative estimate of drug-likeness (QED) is 0.0363. The van der Waals surface area contributed by atoms with Crippen LogP contribution in [-0.2, 0) is 38.4 Å². The lowest BCUT2D eigenvalue weighted by molar-refractivity contribution is -0.148. The molecule has 0 aliphatic heterocycles. The van der Waals surface area contributed by atoms with E-state index in [1.54, 1.807) is 0 Å². The van der Waals surface area contributed by atoms with Crippen molar-refractivity contribution in [3.8, 4) is 0 Å². The molecule has 0 rings (SSSR count). The molecule has 0 saturated carbocycles. The minimum Gasteiger partial charge on any atom is -0.481 e. The maximum absolute atomic E-state index is 11.8. The van der Waals surface area contributed by atoms with Gasteiger partial charge in [-0.05, 0) is 6.42 Å². The van der Waals surface area contributed by atoms with Gasteiger partial charge in [-0.25, -0.2) is 4.79 Å². The van der Waals surface area contributed by atoms with Crippen molar-refractivity contribution in [1.82, 2.24) is 24.9 Å². The highest BCUT2D eigenvalue weighted by Crippen LogP contribution is 2.07. The fourth-order valence-corrected chi connectivity index (χ4v) is 4.35. The van der Waals surface area contributed by atoms with Crippen LogP contribution in [0.1, 0.15) is 19.3 Å². The minimum absolute atomic E-state index is 0.118. The van der Waals surface area contributed by atoms with Crippen molar-refractivity contribution in [2.75, 3.05) is 72.0 Å². The molecule has 0 bridgehead atoms. The monoisotopic (exact) mass is 679 g/mol. The smallest absolute Gasteiger partial charge is 0.407 e. The summed E-state index contributed by atoms with van der Waals surface area (Å²) in [5.41, 5.74) is 0. The zero-order chi connectivity index (χ0) is 36.1. The molecule has 0 saturated heterocycles. The van der Waals surface area contributed by atoms with Crippen LogP contribution in [0.3, 0.4) is 0 Å². The Morgan fingerprint density at radius 3 is 1.49 bits per heavy atom. The average Bonchev–Trinajstić information content (AvgIpc) is 2.95. The number of aliphatic carboxylic acids is 6. The molecule has 0 fully saturated rings. The molecule has 266 valence electrons. The average molecular weight is 680 g/mol. The molecule has 0 aromatic rings. The molecule has 1 amide bonds. The Labute approximate surface area is 267 Å². The highest BCUT2D eigenvalue weighted by molar-refractivity contribution is 5.78. The van der Waals surface area contributed by atoms with E-state index >= 15 is 0 Å². The number of nitrogens with zero attached hydrogens (tertiary/aromatic N) is 4. The maximum atomic E-state index is 11.8. The van der Waals surface area contributed by atoms with Crippen molar-refractivity contribution in [2.45, 2.75) is 31.3 Å². The van der Waals surface area contributed by atoms with Crippen LogP contribution in [0, 0.1) is 5.92 Å². The van der Waals surface area contributed by atoms with Gasteiger partial charge in [0.2, 0.25) is 0 Å². The van der Waals surface area contributed by atoms with Gasteiger partial charge in [0.05, 0.1) is 38.0 Å². The fourth-order valence-electron chi connectivity index (χ4n) is 4.35. The second-order valence-electron chi connectivity index (χ2n) is 10.4. The van der Waals surface area contributed by atoms with Gasteiger partial charge in [0.15, 0.2) is 0 Å². The Balaban J connectivity index is 5.66. The van der Waals surface area contributed by atoms with Crippen LogP contribution >= 0.6 is 0 Å². The summed E-state index contributed by atoms with van der Waals surface area (Å²) in [6.07, 6.45) is -2.14. The summed E-state index contributed by atoms with van der Waals surface area (Å²) < 4.78 is 0. The lowest BCUT2D eigenvalue weighted by Gasteiger charge is -2.32. The van der Waals surface area contributed by atoms with E-state index in [2.05, 4.69) is 5.32 Å². The van der Waals surface area contributed by atoms with Gasteiger partial charge in [0, 0.05) is 58.8 Å². The maximum Gasteiger partial charge on any atom is 0.407 e. The molecular formula is C26H41N5O16. The van der Waals surface area contributed by atoms with Crippen LogP contribution in [0.5, 0.6) is 0 Å². The van der Waals surface area contributed by atoms with Crippen LogP contribution < -0.4 is 5.32 Å². The molecule has 0 heterocycles. The lowest BCUT2D eigenvalue weighted by atomic mass is 10.1. The molecule has 0 aliphatic carbocycles. The van der Waals surface area contributed by atoms with Gasteiger partial charge in [-0.2, -0.15) is 0 Å². The summed E-state index contributed by atoms with van der Waals surface area (Å²) in [5, 5.41) is 67.1. The van der Waals surface area contributed by atoms with E-state index in [9.17, 15) is 68.7 Å². The number of hydrogen-bond acceptors (Lipinski definition) is 13. The van der Waals surface area contributed by atoms with Crippen LogP contribution in [0.25, 0.3) is 0 Å². The largest absolute Gasteiger partial charge is 0.481 e. The summed E-state index contributed by atoms with van der Waals surface area (Å²) >= 11 is 0. The van der Waals surface area contributed by atoms with Gasteiger partial charge < -0.3 is 50.7 Å². The van der Waals surface area contributed by atoms with Crippen molar-refractivity contribution >= 4 is 54.5 Å². The third-order valence-corrected chi connectivity index (χ3v) is 6.60. The summed E-state index contributed by atoms with van der Waals surface area (Å²) in [6.45, 7) is -3.96. The van der Waals surface area contributed by atoms with Gasteiger partial charge in [0.1, 0.15) is 18.6 Å². The van der Waals surface area contributed by atoms with Crippen LogP contribution in [0.4, 0.5) is 4.79 Å². The highest BCUT2D eigenvalue weighted by atomic mass is 16.4. The topological polar surface area (TPSA) is 320 Å². The van der Waals surface area contributed by atoms with Crippen LogP contribution in [-0.4, -0.2) is 194 Å². The number of aldehydes is 2. The van der Waals surface area contributed by atoms with E-state index < -0.39 is 99.1 Å². The SMILES string of the molecule is O=CC(CN(CCN(CCN(CC(=O)O)CC(C=O)N(CCCC(=O)O)C(=O)O)CC(=O)O)CC(=O)O)NCC(CC(=O)O)C(=O)O. The van der Waals surface area contributed by atoms with Crippen molar-refractivity contribution in [3.05, 3.63) is 0 Å². The lowest BCUT2D eigenvalue weighted by Crippen LogP contribution is -2.51. The van der Waals surface area contributed by atoms with E-state index in [1.807, 2.05) is 0 Å². The first-order valence-electron chi connectivity index (χ1n) is 14.1. The van der Waals surface area contributed by atoms with E-state index in [-0.39, 0.29) is 58.4 Å². The number of hydrogen-bond donors (Lipinski definition) is 8. The van der Waals surface area contributed by atoms with E-state index in [4.69, 9.17) is 10.2 Å². The van der Waals surface area contributed by atoms with Gasteiger partial charge in [-0.3, -0.25) is 48.4 Å². The van der Waals surface area contributed by atoms with Crippen molar-refractivity contribution in [1.29, 1.82) is 0 Å². The predicted octanol–water partition coefficient (Wildman–Crippen LogP) is -3.11. The number of amides is 1.